The fourth-order valence-corrected chi connectivity index (χ4v) is 3.02. The molecule has 0 bridgehead atoms. The van der Waals surface area contributed by atoms with E-state index >= 15 is 0 Å². The van der Waals surface area contributed by atoms with Crippen LogP contribution in [-0.2, 0) is 0 Å². The van der Waals surface area contributed by atoms with Crippen LogP contribution < -0.4 is 15.2 Å². The molecule has 7 nitrogen and oxygen atoms in total. The fraction of sp³-hybridized carbons (Fsp3) is 0.412. The Balaban J connectivity index is 2.14. The van der Waals surface area contributed by atoms with Crippen LogP contribution in [0.2, 0.25) is 0 Å². The molecule has 2 aromatic rings. The lowest BCUT2D eigenvalue weighted by Crippen LogP contribution is -2.47. The molecule has 2 heterocycles. The van der Waals surface area contributed by atoms with Crippen molar-refractivity contribution in [2.45, 2.75) is 0 Å². The molecule has 0 saturated carbocycles. The molecule has 0 spiro atoms. The Bertz CT molecular complexity index is 770. The van der Waals surface area contributed by atoms with Crippen LogP contribution in [0.4, 0.5) is 5.69 Å². The molecule has 1 amide bonds. The predicted octanol–water partition coefficient (Wildman–Crippen LogP) is 1.22. The van der Waals surface area contributed by atoms with Crippen LogP contribution >= 0.6 is 0 Å². The molecule has 0 radical (unpaired) electrons. The number of hydrogen-bond donors (Lipinski definition) is 1. The van der Waals surface area contributed by atoms with E-state index in [1.165, 1.54) is 0 Å². The normalized spacial score (nSPS) is 15.5. The number of piperazine rings is 1. The molecule has 7 heteroatoms. The Kier molecular flexibility index (Phi) is 4.44. The van der Waals surface area contributed by atoms with E-state index in [2.05, 4.69) is 9.88 Å². The van der Waals surface area contributed by atoms with E-state index in [1.54, 1.807) is 32.5 Å². The number of nitrogens with zero attached hydrogens (tertiary/aromatic N) is 3. The van der Waals surface area contributed by atoms with Gasteiger partial charge in [0.15, 0.2) is 11.5 Å². The van der Waals surface area contributed by atoms with E-state index in [4.69, 9.17) is 15.2 Å². The maximum absolute atomic E-state index is 13.0. The number of methoxy groups -OCH3 is 2. The van der Waals surface area contributed by atoms with Gasteiger partial charge in [-0.15, -0.1) is 0 Å². The van der Waals surface area contributed by atoms with E-state index in [9.17, 15) is 4.79 Å². The molecule has 128 valence electrons. The Labute approximate surface area is 140 Å². The Morgan fingerprint density at radius 3 is 2.54 bits per heavy atom. The minimum Gasteiger partial charge on any atom is -0.493 e. The van der Waals surface area contributed by atoms with E-state index in [-0.39, 0.29) is 5.91 Å². The molecule has 0 aliphatic carbocycles. The van der Waals surface area contributed by atoms with Gasteiger partial charge in [-0.25, -0.2) is 0 Å². The minimum absolute atomic E-state index is 0.111. The summed E-state index contributed by atoms with van der Waals surface area (Å²) in [6.45, 7) is 3.04. The number of benzene rings is 1. The van der Waals surface area contributed by atoms with Gasteiger partial charge in [-0.05, 0) is 13.1 Å². The van der Waals surface area contributed by atoms with Crippen molar-refractivity contribution < 1.29 is 14.3 Å². The average Bonchev–Trinajstić information content (AvgIpc) is 2.61. The van der Waals surface area contributed by atoms with Gasteiger partial charge in [-0.3, -0.25) is 9.78 Å². The lowest BCUT2D eigenvalue weighted by molar-refractivity contribution is 0.0660. The minimum atomic E-state index is -0.111. The van der Waals surface area contributed by atoms with Gasteiger partial charge in [-0.2, -0.15) is 0 Å². The summed E-state index contributed by atoms with van der Waals surface area (Å²) >= 11 is 0. The summed E-state index contributed by atoms with van der Waals surface area (Å²) in [4.78, 5) is 21.4. The molecule has 24 heavy (non-hydrogen) atoms. The first-order chi connectivity index (χ1) is 11.6. The number of amides is 1. The first-order valence-corrected chi connectivity index (χ1v) is 7.83. The summed E-state index contributed by atoms with van der Waals surface area (Å²) in [7, 11) is 5.14. The molecule has 1 aromatic carbocycles. The lowest BCUT2D eigenvalue weighted by atomic mass is 10.0. The molecule has 1 aliphatic heterocycles. The van der Waals surface area contributed by atoms with Gasteiger partial charge < -0.3 is 25.0 Å². The molecule has 1 saturated heterocycles. The molecule has 1 aromatic heterocycles. The zero-order chi connectivity index (χ0) is 17.3. The number of carbonyl (C=O) groups excluding carboxylic acids is 1. The standard InChI is InChI=1S/C17H22N4O3/c1-20-6-8-21(9-7-20)17(22)15-14-11(4-5-19-15)12(18)10-13(23-2)16(14)24-3/h4-5,10H,6-9,18H2,1-3H3. The second kappa shape index (κ2) is 6.52. The van der Waals surface area contributed by atoms with Crippen molar-refractivity contribution in [2.24, 2.45) is 0 Å². The van der Waals surface area contributed by atoms with Crippen LogP contribution in [0.1, 0.15) is 10.5 Å². The van der Waals surface area contributed by atoms with E-state index in [0.717, 1.165) is 18.5 Å². The highest BCUT2D eigenvalue weighted by Crippen LogP contribution is 2.40. The number of aromatic nitrogens is 1. The number of carbonyl (C=O) groups is 1. The molecule has 1 fully saturated rings. The number of hydrogen-bond acceptors (Lipinski definition) is 6. The van der Waals surface area contributed by atoms with Crippen molar-refractivity contribution in [1.82, 2.24) is 14.8 Å². The second-order valence-electron chi connectivity index (χ2n) is 5.88. The zero-order valence-corrected chi connectivity index (χ0v) is 14.2. The summed E-state index contributed by atoms with van der Waals surface area (Å²) in [5.74, 6) is 0.856. The number of likely N-dealkylation sites (N-methyl/N-ethyl adjacent to an activating group) is 1. The Morgan fingerprint density at radius 2 is 1.92 bits per heavy atom. The maximum atomic E-state index is 13.0. The van der Waals surface area contributed by atoms with Crippen molar-refractivity contribution in [2.75, 3.05) is 53.2 Å². The van der Waals surface area contributed by atoms with Crippen LogP contribution in [-0.4, -0.2) is 68.1 Å². The van der Waals surface area contributed by atoms with Gasteiger partial charge in [0.05, 0.1) is 19.6 Å². The number of fused-ring (bicyclic) bond motifs is 1. The van der Waals surface area contributed by atoms with E-state index in [0.29, 0.717) is 41.4 Å². The third kappa shape index (κ3) is 2.71. The van der Waals surface area contributed by atoms with Crippen molar-refractivity contribution >= 4 is 22.4 Å². The Hall–Kier alpha value is -2.54. The van der Waals surface area contributed by atoms with E-state index in [1.807, 2.05) is 11.9 Å². The number of pyridine rings is 1. The quantitative estimate of drug-likeness (QED) is 0.853. The lowest BCUT2D eigenvalue weighted by Gasteiger charge is -2.32. The molecule has 2 N–H and O–H groups in total. The molecule has 1 aliphatic rings. The number of ether oxygens (including phenoxy) is 2. The van der Waals surface area contributed by atoms with Gasteiger partial charge in [0.25, 0.3) is 5.91 Å². The Morgan fingerprint density at radius 1 is 1.21 bits per heavy atom. The number of nitrogens with two attached hydrogens (primary N) is 1. The summed E-state index contributed by atoms with van der Waals surface area (Å²) in [6.07, 6.45) is 1.61. The van der Waals surface area contributed by atoms with Crippen LogP contribution in [0.15, 0.2) is 18.3 Å². The van der Waals surface area contributed by atoms with Crippen LogP contribution in [0.5, 0.6) is 11.5 Å². The second-order valence-corrected chi connectivity index (χ2v) is 5.88. The van der Waals surface area contributed by atoms with Crippen molar-refractivity contribution in [1.29, 1.82) is 0 Å². The topological polar surface area (TPSA) is 80.9 Å². The van der Waals surface area contributed by atoms with Gasteiger partial charge in [0.1, 0.15) is 5.69 Å². The molecule has 0 atom stereocenters. The highest BCUT2D eigenvalue weighted by Gasteiger charge is 2.26. The van der Waals surface area contributed by atoms with Crippen LogP contribution in [0, 0.1) is 0 Å². The number of nitrogen functional groups attached to an aromatic ring is 1. The first-order valence-electron chi connectivity index (χ1n) is 7.83. The van der Waals surface area contributed by atoms with Gasteiger partial charge in [0, 0.05) is 49.5 Å². The maximum Gasteiger partial charge on any atom is 0.273 e. The highest BCUT2D eigenvalue weighted by atomic mass is 16.5. The summed E-state index contributed by atoms with van der Waals surface area (Å²) in [6, 6.07) is 3.48. The highest BCUT2D eigenvalue weighted by molar-refractivity contribution is 6.11. The molecular weight excluding hydrogens is 308 g/mol. The summed E-state index contributed by atoms with van der Waals surface area (Å²) < 4.78 is 10.9. The van der Waals surface area contributed by atoms with Crippen LogP contribution in [0.3, 0.4) is 0 Å². The summed E-state index contributed by atoms with van der Waals surface area (Å²) in [5, 5.41) is 1.33. The third-order valence-corrected chi connectivity index (χ3v) is 4.42. The van der Waals surface area contributed by atoms with E-state index < -0.39 is 0 Å². The first kappa shape index (κ1) is 16.3. The van der Waals surface area contributed by atoms with Crippen molar-refractivity contribution in [3.8, 4) is 11.5 Å². The number of anilines is 1. The molecular formula is C17H22N4O3. The van der Waals surface area contributed by atoms with Crippen molar-refractivity contribution in [3.05, 3.63) is 24.0 Å². The smallest absolute Gasteiger partial charge is 0.273 e. The molecule has 0 unspecified atom stereocenters. The largest absolute Gasteiger partial charge is 0.493 e. The van der Waals surface area contributed by atoms with Gasteiger partial charge in [0.2, 0.25) is 0 Å². The van der Waals surface area contributed by atoms with Crippen LogP contribution in [0.25, 0.3) is 10.8 Å². The molecule has 3 rings (SSSR count). The van der Waals surface area contributed by atoms with Crippen molar-refractivity contribution in [3.63, 3.8) is 0 Å². The average molecular weight is 330 g/mol. The van der Waals surface area contributed by atoms with Gasteiger partial charge in [-0.1, -0.05) is 0 Å². The monoisotopic (exact) mass is 330 g/mol. The predicted molar refractivity (Wildman–Crippen MR) is 92.7 cm³/mol. The number of rotatable bonds is 3. The SMILES string of the molecule is COc1cc(N)c2ccnc(C(=O)N3CCN(C)CC3)c2c1OC. The third-order valence-electron chi connectivity index (χ3n) is 4.42. The zero-order valence-electron chi connectivity index (χ0n) is 14.2. The van der Waals surface area contributed by atoms with Gasteiger partial charge >= 0.3 is 0 Å². The summed E-state index contributed by atoms with van der Waals surface area (Å²) in [5.41, 5.74) is 7.00. The fourth-order valence-electron chi connectivity index (χ4n) is 3.02.